The van der Waals surface area contributed by atoms with Gasteiger partial charge in [-0.05, 0) is 45.3 Å². The number of hydrogen-bond donors (Lipinski definition) is 0. The fourth-order valence-corrected chi connectivity index (χ4v) is 3.77. The van der Waals surface area contributed by atoms with Gasteiger partial charge in [-0.25, -0.2) is 0 Å². The zero-order valence-corrected chi connectivity index (χ0v) is 16.2. The average Bonchev–Trinajstić information content (AvgIpc) is 3.25. The maximum Gasteiger partial charge on any atom is 0.316 e. The number of carbonyl (C=O) groups is 1. The van der Waals surface area contributed by atoms with E-state index in [2.05, 4.69) is 31.8 Å². The Balaban J connectivity index is 1.74. The summed E-state index contributed by atoms with van der Waals surface area (Å²) in [6, 6.07) is 10.3. The molecule has 1 aliphatic rings. The number of benzene rings is 1. The molecule has 6 nitrogen and oxygen atoms in total. The van der Waals surface area contributed by atoms with Gasteiger partial charge in [0.15, 0.2) is 5.16 Å². The van der Waals surface area contributed by atoms with Crippen LogP contribution < -0.4 is 0 Å². The molecule has 0 radical (unpaired) electrons. The summed E-state index contributed by atoms with van der Waals surface area (Å²) in [5.41, 5.74) is 1.20. The maximum absolute atomic E-state index is 11.9. The van der Waals surface area contributed by atoms with E-state index in [-0.39, 0.29) is 17.8 Å². The van der Waals surface area contributed by atoms with Gasteiger partial charge in [-0.2, -0.15) is 0 Å². The zero-order chi connectivity index (χ0) is 18.4. The quantitative estimate of drug-likeness (QED) is 0.523. The van der Waals surface area contributed by atoms with Crippen molar-refractivity contribution in [3.05, 3.63) is 41.7 Å². The summed E-state index contributed by atoms with van der Waals surface area (Å²) >= 11 is 1.39. The molecule has 7 heteroatoms. The SMILES string of the molecule is CC(C)OC(=O)CSc1nnc(CN2CCCC2)n1Cc1ccccc1. The van der Waals surface area contributed by atoms with Crippen molar-refractivity contribution in [2.45, 2.75) is 51.0 Å². The highest BCUT2D eigenvalue weighted by molar-refractivity contribution is 7.99. The van der Waals surface area contributed by atoms with E-state index in [1.54, 1.807) is 0 Å². The first-order chi connectivity index (χ1) is 12.6. The summed E-state index contributed by atoms with van der Waals surface area (Å²) in [7, 11) is 0. The van der Waals surface area contributed by atoms with Crippen LogP contribution in [-0.4, -0.2) is 50.6 Å². The highest BCUT2D eigenvalue weighted by Gasteiger charge is 2.19. The lowest BCUT2D eigenvalue weighted by Gasteiger charge is -2.16. The van der Waals surface area contributed by atoms with Gasteiger partial charge in [-0.1, -0.05) is 42.1 Å². The number of nitrogens with zero attached hydrogens (tertiary/aromatic N) is 4. The van der Waals surface area contributed by atoms with E-state index < -0.39 is 0 Å². The van der Waals surface area contributed by atoms with Gasteiger partial charge in [0, 0.05) is 0 Å². The van der Waals surface area contributed by atoms with Gasteiger partial charge >= 0.3 is 5.97 Å². The lowest BCUT2D eigenvalue weighted by molar-refractivity contribution is -0.144. The fraction of sp³-hybridized carbons (Fsp3) is 0.526. The van der Waals surface area contributed by atoms with Crippen LogP contribution in [0.5, 0.6) is 0 Å². The summed E-state index contributed by atoms with van der Waals surface area (Å²) in [4.78, 5) is 14.3. The number of aromatic nitrogens is 3. The molecule has 0 spiro atoms. The molecular formula is C19H26N4O2S. The molecule has 0 bridgehead atoms. The first-order valence-corrected chi connectivity index (χ1v) is 10.1. The van der Waals surface area contributed by atoms with Crippen molar-refractivity contribution in [3.63, 3.8) is 0 Å². The molecule has 0 atom stereocenters. The van der Waals surface area contributed by atoms with E-state index in [4.69, 9.17) is 4.74 Å². The third-order valence-corrected chi connectivity index (χ3v) is 5.17. The highest BCUT2D eigenvalue weighted by Crippen LogP contribution is 2.21. The van der Waals surface area contributed by atoms with Crippen LogP contribution in [0, 0.1) is 0 Å². The Morgan fingerprint density at radius 2 is 1.88 bits per heavy atom. The van der Waals surface area contributed by atoms with Crippen molar-refractivity contribution >= 4 is 17.7 Å². The summed E-state index contributed by atoms with van der Waals surface area (Å²) in [5.74, 6) is 0.977. The van der Waals surface area contributed by atoms with E-state index in [9.17, 15) is 4.79 Å². The van der Waals surface area contributed by atoms with Gasteiger partial charge in [0.2, 0.25) is 0 Å². The predicted molar refractivity (Wildman–Crippen MR) is 102 cm³/mol. The van der Waals surface area contributed by atoms with Crippen molar-refractivity contribution in [1.82, 2.24) is 19.7 Å². The lowest BCUT2D eigenvalue weighted by Crippen LogP contribution is -2.22. The standard InChI is InChI=1S/C19H26N4O2S/c1-15(2)25-18(24)14-26-19-21-20-17(13-22-10-6-7-11-22)23(19)12-16-8-4-3-5-9-16/h3-5,8-9,15H,6-7,10-14H2,1-2H3. The second kappa shape index (κ2) is 9.19. The van der Waals surface area contributed by atoms with Crippen molar-refractivity contribution in [1.29, 1.82) is 0 Å². The van der Waals surface area contributed by atoms with Crippen LogP contribution >= 0.6 is 11.8 Å². The van der Waals surface area contributed by atoms with E-state index in [1.807, 2.05) is 32.0 Å². The minimum absolute atomic E-state index is 0.101. The van der Waals surface area contributed by atoms with Gasteiger partial charge in [-0.3, -0.25) is 9.69 Å². The summed E-state index contributed by atoms with van der Waals surface area (Å²) in [6.45, 7) is 7.45. The Bertz CT molecular complexity index is 712. The molecule has 140 valence electrons. The van der Waals surface area contributed by atoms with Gasteiger partial charge in [0.05, 0.1) is 24.9 Å². The molecule has 0 saturated carbocycles. The van der Waals surface area contributed by atoms with Crippen LogP contribution in [-0.2, 0) is 22.6 Å². The van der Waals surface area contributed by atoms with Gasteiger partial charge < -0.3 is 9.30 Å². The van der Waals surface area contributed by atoms with Crippen LogP contribution in [0.15, 0.2) is 35.5 Å². The molecule has 1 fully saturated rings. The van der Waals surface area contributed by atoms with Crippen molar-refractivity contribution in [2.24, 2.45) is 0 Å². The predicted octanol–water partition coefficient (Wildman–Crippen LogP) is 2.97. The summed E-state index contributed by atoms with van der Waals surface area (Å²) < 4.78 is 7.35. The van der Waals surface area contributed by atoms with Crippen molar-refractivity contribution in [3.8, 4) is 0 Å². The van der Waals surface area contributed by atoms with Gasteiger partial charge in [0.25, 0.3) is 0 Å². The molecule has 2 heterocycles. The summed E-state index contributed by atoms with van der Waals surface area (Å²) in [6.07, 6.45) is 2.39. The number of carbonyl (C=O) groups excluding carboxylic acids is 1. The Labute approximate surface area is 158 Å². The Morgan fingerprint density at radius 1 is 1.15 bits per heavy atom. The van der Waals surface area contributed by atoms with Gasteiger partial charge in [-0.15, -0.1) is 10.2 Å². The first-order valence-electron chi connectivity index (χ1n) is 9.12. The molecular weight excluding hydrogens is 348 g/mol. The monoisotopic (exact) mass is 374 g/mol. The Morgan fingerprint density at radius 3 is 2.58 bits per heavy atom. The molecule has 1 aliphatic heterocycles. The molecule has 0 N–H and O–H groups in total. The molecule has 1 aromatic carbocycles. The third-order valence-electron chi connectivity index (χ3n) is 4.23. The van der Waals surface area contributed by atoms with E-state index in [1.165, 1.54) is 30.2 Å². The van der Waals surface area contributed by atoms with E-state index in [0.29, 0.717) is 6.54 Å². The molecule has 1 aromatic heterocycles. The molecule has 0 unspecified atom stereocenters. The second-order valence-corrected chi connectivity index (χ2v) is 7.72. The van der Waals surface area contributed by atoms with E-state index in [0.717, 1.165) is 30.6 Å². The molecule has 26 heavy (non-hydrogen) atoms. The number of ether oxygens (including phenoxy) is 1. The minimum atomic E-state index is -0.222. The van der Waals surface area contributed by atoms with Crippen LogP contribution in [0.3, 0.4) is 0 Å². The molecule has 2 aromatic rings. The lowest BCUT2D eigenvalue weighted by atomic mass is 10.2. The Kier molecular flexibility index (Phi) is 6.68. The van der Waals surface area contributed by atoms with E-state index >= 15 is 0 Å². The van der Waals surface area contributed by atoms with Crippen molar-refractivity contribution in [2.75, 3.05) is 18.8 Å². The smallest absolute Gasteiger partial charge is 0.316 e. The van der Waals surface area contributed by atoms with Gasteiger partial charge in [0.1, 0.15) is 5.82 Å². The summed E-state index contributed by atoms with van der Waals surface area (Å²) in [5, 5.41) is 9.53. The van der Waals surface area contributed by atoms with Crippen LogP contribution in [0.4, 0.5) is 0 Å². The van der Waals surface area contributed by atoms with Crippen LogP contribution in [0.1, 0.15) is 38.1 Å². The minimum Gasteiger partial charge on any atom is -0.462 e. The number of thioether (sulfide) groups is 1. The zero-order valence-electron chi connectivity index (χ0n) is 15.4. The number of rotatable bonds is 8. The molecule has 3 rings (SSSR count). The van der Waals surface area contributed by atoms with Crippen molar-refractivity contribution < 1.29 is 9.53 Å². The largest absolute Gasteiger partial charge is 0.462 e. The maximum atomic E-state index is 11.9. The number of likely N-dealkylation sites (tertiary alicyclic amines) is 1. The molecule has 1 saturated heterocycles. The number of esters is 1. The molecule has 0 amide bonds. The second-order valence-electron chi connectivity index (χ2n) is 6.78. The van der Waals surface area contributed by atoms with Crippen LogP contribution in [0.25, 0.3) is 0 Å². The highest BCUT2D eigenvalue weighted by atomic mass is 32.2. The van der Waals surface area contributed by atoms with Crippen LogP contribution in [0.2, 0.25) is 0 Å². The number of hydrogen-bond acceptors (Lipinski definition) is 6. The molecule has 0 aliphatic carbocycles. The first kappa shape index (κ1) is 18.9. The normalized spacial score (nSPS) is 14.9. The Hall–Kier alpha value is -1.86. The fourth-order valence-electron chi connectivity index (χ4n) is 3.03. The topological polar surface area (TPSA) is 60.2 Å². The third kappa shape index (κ3) is 5.32. The average molecular weight is 375 g/mol.